The molecule has 0 radical (unpaired) electrons. The lowest BCUT2D eigenvalue weighted by molar-refractivity contribution is -0.144. The van der Waals surface area contributed by atoms with Gasteiger partial charge in [0.05, 0.1) is 12.0 Å². The van der Waals surface area contributed by atoms with Crippen LogP contribution in [0.25, 0.3) is 0 Å². The summed E-state index contributed by atoms with van der Waals surface area (Å²) in [7, 11) is 1.60. The first-order chi connectivity index (χ1) is 7.53. The van der Waals surface area contributed by atoms with E-state index in [1.165, 1.54) is 0 Å². The van der Waals surface area contributed by atoms with Crippen LogP contribution in [0.2, 0.25) is 0 Å². The Bertz CT molecular complexity index is 268. The average molecular weight is 229 g/mol. The van der Waals surface area contributed by atoms with Crippen molar-refractivity contribution in [3.05, 3.63) is 0 Å². The topological polar surface area (TPSA) is 75.6 Å². The monoisotopic (exact) mass is 229 g/mol. The number of hydrogen-bond donors (Lipinski definition) is 2. The maximum absolute atomic E-state index is 11.6. The van der Waals surface area contributed by atoms with E-state index in [2.05, 4.69) is 5.32 Å². The molecule has 1 aliphatic carbocycles. The molecule has 1 unspecified atom stereocenters. The van der Waals surface area contributed by atoms with Crippen molar-refractivity contribution in [3.8, 4) is 0 Å². The van der Waals surface area contributed by atoms with E-state index in [0.717, 1.165) is 19.3 Å². The highest BCUT2D eigenvalue weighted by Gasteiger charge is 2.39. The molecule has 0 aromatic carbocycles. The molecule has 0 aromatic rings. The molecule has 1 atom stereocenters. The molecule has 92 valence electrons. The molecule has 1 aliphatic rings. The van der Waals surface area contributed by atoms with E-state index in [1.54, 1.807) is 14.0 Å². The highest BCUT2D eigenvalue weighted by Crippen LogP contribution is 2.37. The van der Waals surface area contributed by atoms with E-state index in [1.807, 2.05) is 0 Å². The zero-order valence-electron chi connectivity index (χ0n) is 9.78. The van der Waals surface area contributed by atoms with Crippen LogP contribution >= 0.6 is 0 Å². The van der Waals surface area contributed by atoms with Crippen LogP contribution in [-0.4, -0.2) is 35.7 Å². The number of ether oxygens (including phenoxy) is 1. The Hall–Kier alpha value is -1.10. The van der Waals surface area contributed by atoms with Crippen molar-refractivity contribution in [2.45, 2.75) is 50.7 Å². The maximum atomic E-state index is 11.6. The van der Waals surface area contributed by atoms with Crippen molar-refractivity contribution in [1.29, 1.82) is 0 Å². The Labute approximate surface area is 95.2 Å². The third-order valence-electron chi connectivity index (χ3n) is 3.22. The fourth-order valence-electron chi connectivity index (χ4n) is 1.90. The minimum absolute atomic E-state index is 0.240. The molecular formula is C11H19NO4. The van der Waals surface area contributed by atoms with Gasteiger partial charge in [0, 0.05) is 7.11 Å². The number of hydrogen-bond acceptors (Lipinski definition) is 3. The summed E-state index contributed by atoms with van der Waals surface area (Å²) in [6, 6.07) is -0.790. The molecule has 16 heavy (non-hydrogen) atoms. The largest absolute Gasteiger partial charge is 0.480 e. The zero-order valence-corrected chi connectivity index (χ0v) is 9.78. The van der Waals surface area contributed by atoms with Crippen molar-refractivity contribution in [1.82, 2.24) is 5.32 Å². The number of carboxylic acid groups (broad SMARTS) is 1. The van der Waals surface area contributed by atoms with Gasteiger partial charge in [0.2, 0.25) is 5.91 Å². The van der Waals surface area contributed by atoms with Crippen LogP contribution in [0, 0.1) is 0 Å². The molecule has 0 saturated heterocycles. The predicted molar refractivity (Wildman–Crippen MR) is 58.1 cm³/mol. The minimum Gasteiger partial charge on any atom is -0.480 e. The molecule has 1 amide bonds. The second-order valence-corrected chi connectivity index (χ2v) is 4.28. The van der Waals surface area contributed by atoms with Gasteiger partial charge in [0.15, 0.2) is 0 Å². The third-order valence-corrected chi connectivity index (χ3v) is 3.22. The van der Waals surface area contributed by atoms with Crippen molar-refractivity contribution >= 4 is 11.9 Å². The summed E-state index contributed by atoms with van der Waals surface area (Å²) >= 11 is 0. The van der Waals surface area contributed by atoms with E-state index in [9.17, 15) is 9.59 Å². The van der Waals surface area contributed by atoms with Crippen molar-refractivity contribution in [2.24, 2.45) is 0 Å². The first-order valence-corrected chi connectivity index (χ1v) is 5.60. The fourth-order valence-corrected chi connectivity index (χ4v) is 1.90. The Balaban J connectivity index is 2.43. The molecule has 5 heteroatoms. The van der Waals surface area contributed by atoms with Gasteiger partial charge in [0.1, 0.15) is 6.04 Å². The second kappa shape index (κ2) is 5.30. The van der Waals surface area contributed by atoms with Crippen molar-refractivity contribution in [2.75, 3.05) is 7.11 Å². The molecule has 2 N–H and O–H groups in total. The standard InChI is InChI=1S/C11H19NO4/c1-3-8(10(14)15)12-9(13)7-11(16-2)5-4-6-11/h8H,3-7H2,1-2H3,(H,12,13)(H,14,15). The summed E-state index contributed by atoms with van der Waals surface area (Å²) in [4.78, 5) is 22.4. The molecule has 0 aromatic heterocycles. The van der Waals surface area contributed by atoms with Crippen LogP contribution < -0.4 is 5.32 Å². The van der Waals surface area contributed by atoms with E-state index in [0.29, 0.717) is 6.42 Å². The van der Waals surface area contributed by atoms with Gasteiger partial charge in [0.25, 0.3) is 0 Å². The summed E-state index contributed by atoms with van der Waals surface area (Å²) in [5, 5.41) is 11.3. The number of carbonyl (C=O) groups is 2. The number of rotatable bonds is 6. The molecular weight excluding hydrogens is 210 g/mol. The number of amides is 1. The van der Waals surface area contributed by atoms with Gasteiger partial charge in [-0.05, 0) is 25.7 Å². The first-order valence-electron chi connectivity index (χ1n) is 5.60. The lowest BCUT2D eigenvalue weighted by Crippen LogP contribution is -2.47. The lowest BCUT2D eigenvalue weighted by Gasteiger charge is -2.40. The SMILES string of the molecule is CCC(NC(=O)CC1(OC)CCC1)C(=O)O. The molecule has 0 spiro atoms. The normalized spacial score (nSPS) is 19.6. The van der Waals surface area contributed by atoms with Gasteiger partial charge in [-0.25, -0.2) is 4.79 Å². The molecule has 0 aliphatic heterocycles. The number of nitrogens with one attached hydrogen (secondary N) is 1. The molecule has 1 saturated carbocycles. The fraction of sp³-hybridized carbons (Fsp3) is 0.818. The summed E-state index contributed by atoms with van der Waals surface area (Å²) < 4.78 is 5.31. The molecule has 0 bridgehead atoms. The van der Waals surface area contributed by atoms with E-state index in [-0.39, 0.29) is 17.9 Å². The van der Waals surface area contributed by atoms with Gasteiger partial charge in [-0.1, -0.05) is 6.92 Å². The average Bonchev–Trinajstić information content (AvgIpc) is 2.19. The van der Waals surface area contributed by atoms with Crippen molar-refractivity contribution < 1.29 is 19.4 Å². The molecule has 1 fully saturated rings. The first kappa shape index (κ1) is 13.0. The van der Waals surface area contributed by atoms with E-state index < -0.39 is 12.0 Å². The van der Waals surface area contributed by atoms with Crippen LogP contribution in [-0.2, 0) is 14.3 Å². The van der Waals surface area contributed by atoms with Crippen LogP contribution in [0.15, 0.2) is 0 Å². The maximum Gasteiger partial charge on any atom is 0.326 e. The highest BCUT2D eigenvalue weighted by atomic mass is 16.5. The van der Waals surface area contributed by atoms with Gasteiger partial charge < -0.3 is 15.2 Å². The van der Waals surface area contributed by atoms with Gasteiger partial charge >= 0.3 is 5.97 Å². The van der Waals surface area contributed by atoms with Crippen LogP contribution in [0.4, 0.5) is 0 Å². The number of aliphatic carboxylic acids is 1. The summed E-state index contributed by atoms with van der Waals surface area (Å²) in [6.45, 7) is 1.73. The Morgan fingerprint density at radius 1 is 1.50 bits per heavy atom. The van der Waals surface area contributed by atoms with E-state index in [4.69, 9.17) is 9.84 Å². The summed E-state index contributed by atoms with van der Waals surface area (Å²) in [6.07, 6.45) is 3.47. The van der Waals surface area contributed by atoms with Crippen LogP contribution in [0.1, 0.15) is 39.0 Å². The summed E-state index contributed by atoms with van der Waals surface area (Å²) in [5.74, 6) is -1.23. The smallest absolute Gasteiger partial charge is 0.326 e. The Morgan fingerprint density at radius 3 is 2.44 bits per heavy atom. The number of carboxylic acids is 1. The quantitative estimate of drug-likeness (QED) is 0.710. The van der Waals surface area contributed by atoms with Crippen LogP contribution in [0.3, 0.4) is 0 Å². The third kappa shape index (κ3) is 2.95. The minimum atomic E-state index is -0.990. The number of carbonyl (C=O) groups excluding carboxylic acids is 1. The lowest BCUT2D eigenvalue weighted by atomic mass is 9.77. The number of methoxy groups -OCH3 is 1. The van der Waals surface area contributed by atoms with Crippen molar-refractivity contribution in [3.63, 3.8) is 0 Å². The highest BCUT2D eigenvalue weighted by molar-refractivity contribution is 5.84. The Kier molecular flexibility index (Phi) is 4.29. The van der Waals surface area contributed by atoms with Gasteiger partial charge in [-0.15, -0.1) is 0 Å². The molecule has 5 nitrogen and oxygen atoms in total. The van der Waals surface area contributed by atoms with Gasteiger partial charge in [-0.2, -0.15) is 0 Å². The zero-order chi connectivity index (χ0) is 12.2. The predicted octanol–water partition coefficient (Wildman–Crippen LogP) is 0.925. The Morgan fingerprint density at radius 2 is 2.12 bits per heavy atom. The molecule has 0 heterocycles. The van der Waals surface area contributed by atoms with Crippen LogP contribution in [0.5, 0.6) is 0 Å². The molecule has 1 rings (SSSR count). The second-order valence-electron chi connectivity index (χ2n) is 4.28. The summed E-state index contributed by atoms with van der Waals surface area (Å²) in [5.41, 5.74) is -0.346. The van der Waals surface area contributed by atoms with E-state index >= 15 is 0 Å². The van der Waals surface area contributed by atoms with Gasteiger partial charge in [-0.3, -0.25) is 4.79 Å².